The molecule has 0 N–H and O–H groups in total. The molecule has 0 amide bonds. The highest BCUT2D eigenvalue weighted by molar-refractivity contribution is 5.56. The first-order valence-electron chi connectivity index (χ1n) is 8.61. The molecule has 0 aliphatic heterocycles. The van der Waals surface area contributed by atoms with Gasteiger partial charge >= 0.3 is 12.0 Å². The smallest absolute Gasteiger partial charge is 0.322 e. The van der Waals surface area contributed by atoms with Gasteiger partial charge in [-0.3, -0.25) is 0 Å². The van der Waals surface area contributed by atoms with Gasteiger partial charge in [-0.1, -0.05) is 24.3 Å². The van der Waals surface area contributed by atoms with Gasteiger partial charge in [0.1, 0.15) is 0 Å². The molecule has 0 spiro atoms. The predicted octanol–water partition coefficient (Wildman–Crippen LogP) is 4.67. The topological polar surface area (TPSA) is 79.2 Å². The van der Waals surface area contributed by atoms with Crippen LogP contribution in [0.5, 0.6) is 29.3 Å². The number of rotatable bonds is 6. The minimum Gasteiger partial charge on any atom is -0.493 e. The predicted molar refractivity (Wildman–Crippen MR) is 103 cm³/mol. The lowest BCUT2D eigenvalue weighted by molar-refractivity contribution is 0.368. The molecule has 0 saturated carbocycles. The van der Waals surface area contributed by atoms with E-state index in [0.717, 1.165) is 0 Å². The van der Waals surface area contributed by atoms with Gasteiger partial charge in [-0.2, -0.15) is 4.98 Å². The Hall–Kier alpha value is -4.07. The fourth-order valence-electron chi connectivity index (χ4n) is 2.48. The maximum Gasteiger partial charge on any atom is 0.322 e. The number of hydrogen-bond acceptors (Lipinski definition) is 7. The van der Waals surface area contributed by atoms with Crippen molar-refractivity contribution in [2.45, 2.75) is 0 Å². The molecule has 0 aliphatic carbocycles. The van der Waals surface area contributed by atoms with E-state index >= 15 is 0 Å². The van der Waals surface area contributed by atoms with Gasteiger partial charge in [-0.25, -0.2) is 19.3 Å². The highest BCUT2D eigenvalue weighted by atomic mass is 19.1. The normalized spacial score (nSPS) is 10.4. The van der Waals surface area contributed by atoms with Crippen LogP contribution in [0.1, 0.15) is 0 Å². The molecule has 0 radical (unpaired) electrons. The highest BCUT2D eigenvalue weighted by Gasteiger charge is 2.10. The number of para-hydroxylation sites is 3. The van der Waals surface area contributed by atoms with E-state index in [1.54, 1.807) is 49.8 Å². The minimum absolute atomic E-state index is 0.0157. The first kappa shape index (κ1) is 18.3. The van der Waals surface area contributed by atoms with E-state index in [9.17, 15) is 4.39 Å². The molecular weight excluding hydrogens is 375 g/mol. The summed E-state index contributed by atoms with van der Waals surface area (Å²) in [5.41, 5.74) is 1.15. The lowest BCUT2D eigenvalue weighted by Crippen LogP contribution is -1.97. The SMILES string of the molecule is COc1ccccc1Oc1ncc(-c2ccnc(Oc3ccccc3F)n2)cn1. The highest BCUT2D eigenvalue weighted by Crippen LogP contribution is 2.29. The fraction of sp³-hybridized carbons (Fsp3) is 0.0476. The summed E-state index contributed by atoms with van der Waals surface area (Å²) in [6.07, 6.45) is 4.64. The summed E-state index contributed by atoms with van der Waals surface area (Å²) in [4.78, 5) is 16.7. The molecule has 0 bridgehead atoms. The van der Waals surface area contributed by atoms with Crippen LogP contribution in [0.3, 0.4) is 0 Å². The Morgan fingerprint density at radius 3 is 2.10 bits per heavy atom. The Morgan fingerprint density at radius 1 is 0.724 bits per heavy atom. The molecule has 2 heterocycles. The lowest BCUT2D eigenvalue weighted by Gasteiger charge is -2.09. The van der Waals surface area contributed by atoms with Crippen LogP contribution in [-0.4, -0.2) is 27.0 Å². The van der Waals surface area contributed by atoms with Crippen molar-refractivity contribution in [1.82, 2.24) is 19.9 Å². The second kappa shape index (κ2) is 8.30. The first-order chi connectivity index (χ1) is 14.2. The summed E-state index contributed by atoms with van der Waals surface area (Å²) in [6, 6.07) is 15.1. The van der Waals surface area contributed by atoms with Crippen molar-refractivity contribution in [3.05, 3.63) is 79.0 Å². The van der Waals surface area contributed by atoms with Gasteiger partial charge in [0, 0.05) is 24.2 Å². The zero-order valence-electron chi connectivity index (χ0n) is 15.3. The number of hydrogen-bond donors (Lipinski definition) is 0. The summed E-state index contributed by atoms with van der Waals surface area (Å²) in [6.45, 7) is 0. The van der Waals surface area contributed by atoms with Crippen molar-refractivity contribution >= 4 is 0 Å². The third-order valence-electron chi connectivity index (χ3n) is 3.87. The van der Waals surface area contributed by atoms with Gasteiger partial charge < -0.3 is 14.2 Å². The lowest BCUT2D eigenvalue weighted by atomic mass is 10.2. The summed E-state index contributed by atoms with van der Waals surface area (Å²) in [5.74, 6) is 0.625. The van der Waals surface area contributed by atoms with Gasteiger partial charge in [0.25, 0.3) is 0 Å². The number of benzene rings is 2. The average molecular weight is 390 g/mol. The molecule has 2 aromatic carbocycles. The van der Waals surface area contributed by atoms with Crippen molar-refractivity contribution in [3.8, 4) is 40.5 Å². The molecule has 0 unspecified atom stereocenters. The van der Waals surface area contributed by atoms with Crippen LogP contribution < -0.4 is 14.2 Å². The molecule has 7 nitrogen and oxygen atoms in total. The monoisotopic (exact) mass is 390 g/mol. The molecule has 0 fully saturated rings. The maximum atomic E-state index is 13.8. The molecule has 8 heteroatoms. The summed E-state index contributed by atoms with van der Waals surface area (Å²) >= 11 is 0. The standard InChI is InChI=1S/C21H15FN4O3/c1-27-18-8-4-5-9-19(18)29-20-24-12-14(13-25-20)16-10-11-23-21(26-16)28-17-7-3-2-6-15(17)22/h2-13H,1H3. The molecule has 4 aromatic rings. The number of ether oxygens (including phenoxy) is 3. The van der Waals surface area contributed by atoms with E-state index in [0.29, 0.717) is 22.8 Å². The maximum absolute atomic E-state index is 13.8. The van der Waals surface area contributed by atoms with E-state index in [1.165, 1.54) is 18.3 Å². The van der Waals surface area contributed by atoms with Crippen LogP contribution in [0.4, 0.5) is 4.39 Å². The Kier molecular flexibility index (Phi) is 5.24. The zero-order valence-corrected chi connectivity index (χ0v) is 15.3. The Bertz CT molecular complexity index is 1120. The van der Waals surface area contributed by atoms with Gasteiger partial charge in [0.15, 0.2) is 23.1 Å². The number of methoxy groups -OCH3 is 1. The summed E-state index contributed by atoms with van der Waals surface area (Å²) < 4.78 is 30.1. The van der Waals surface area contributed by atoms with Gasteiger partial charge in [0.05, 0.1) is 12.8 Å². The summed E-state index contributed by atoms with van der Waals surface area (Å²) in [5, 5.41) is 0. The molecule has 0 saturated heterocycles. The van der Waals surface area contributed by atoms with Crippen LogP contribution >= 0.6 is 0 Å². The third kappa shape index (κ3) is 4.27. The Balaban J connectivity index is 1.53. The quantitative estimate of drug-likeness (QED) is 0.473. The van der Waals surface area contributed by atoms with E-state index < -0.39 is 5.82 Å². The minimum atomic E-state index is -0.498. The Morgan fingerprint density at radius 2 is 1.38 bits per heavy atom. The molecule has 0 atom stereocenters. The average Bonchev–Trinajstić information content (AvgIpc) is 2.76. The van der Waals surface area contributed by atoms with E-state index in [4.69, 9.17) is 14.2 Å². The van der Waals surface area contributed by atoms with Crippen LogP contribution in [0, 0.1) is 5.82 Å². The molecule has 0 aliphatic rings. The van der Waals surface area contributed by atoms with Crippen molar-refractivity contribution in [2.24, 2.45) is 0 Å². The fourth-order valence-corrected chi connectivity index (χ4v) is 2.48. The molecule has 4 rings (SSSR count). The number of halogens is 1. The van der Waals surface area contributed by atoms with Crippen molar-refractivity contribution in [1.29, 1.82) is 0 Å². The third-order valence-corrected chi connectivity index (χ3v) is 3.87. The largest absolute Gasteiger partial charge is 0.493 e. The van der Waals surface area contributed by atoms with Crippen LogP contribution in [0.25, 0.3) is 11.3 Å². The number of nitrogens with zero attached hydrogens (tertiary/aromatic N) is 4. The van der Waals surface area contributed by atoms with Crippen molar-refractivity contribution < 1.29 is 18.6 Å². The number of aromatic nitrogens is 4. The first-order valence-corrected chi connectivity index (χ1v) is 8.61. The van der Waals surface area contributed by atoms with Gasteiger partial charge in [-0.15, -0.1) is 0 Å². The van der Waals surface area contributed by atoms with Crippen molar-refractivity contribution in [2.75, 3.05) is 7.11 Å². The van der Waals surface area contributed by atoms with Crippen LogP contribution in [0.2, 0.25) is 0 Å². The molecule has 144 valence electrons. The van der Waals surface area contributed by atoms with Crippen molar-refractivity contribution in [3.63, 3.8) is 0 Å². The van der Waals surface area contributed by atoms with Crippen LogP contribution in [0.15, 0.2) is 73.2 Å². The molecule has 2 aromatic heterocycles. The zero-order chi connectivity index (χ0) is 20.1. The second-order valence-corrected chi connectivity index (χ2v) is 5.76. The summed E-state index contributed by atoms with van der Waals surface area (Å²) in [7, 11) is 1.56. The van der Waals surface area contributed by atoms with E-state index in [2.05, 4.69) is 19.9 Å². The van der Waals surface area contributed by atoms with Crippen LogP contribution in [-0.2, 0) is 0 Å². The van der Waals surface area contributed by atoms with E-state index in [-0.39, 0.29) is 17.8 Å². The van der Waals surface area contributed by atoms with Gasteiger partial charge in [-0.05, 0) is 30.3 Å². The second-order valence-electron chi connectivity index (χ2n) is 5.76. The Labute approximate surface area is 165 Å². The van der Waals surface area contributed by atoms with E-state index in [1.807, 2.05) is 12.1 Å². The molecular formula is C21H15FN4O3. The molecule has 29 heavy (non-hydrogen) atoms. The van der Waals surface area contributed by atoms with Gasteiger partial charge in [0.2, 0.25) is 0 Å².